The van der Waals surface area contributed by atoms with Crippen molar-refractivity contribution in [2.45, 2.75) is 43.0 Å². The summed E-state index contributed by atoms with van der Waals surface area (Å²) in [5.74, 6) is -14.6. The van der Waals surface area contributed by atoms with Crippen LogP contribution in [0.15, 0.2) is 5.16 Å². The molecule has 0 amide bonds. The predicted octanol–water partition coefficient (Wildman–Crippen LogP) is 3.54. The first kappa shape index (κ1) is 20.8. The molecule has 132 valence electrons. The Balaban J connectivity index is 5.70. The van der Waals surface area contributed by atoms with Crippen molar-refractivity contribution in [3.63, 3.8) is 0 Å². The van der Waals surface area contributed by atoms with E-state index in [9.17, 15) is 47.9 Å². The van der Waals surface area contributed by atoms with E-state index in [1.807, 2.05) is 0 Å². The molecule has 0 aromatic carbocycles. The minimum absolute atomic E-state index is 0.0593. The third-order valence-electron chi connectivity index (χ3n) is 2.06. The van der Waals surface area contributed by atoms with E-state index < -0.39 is 33.4 Å². The molecule has 0 fully saturated rings. The number of unbranched alkanes of at least 4 members (excludes halogenated alkanes) is 1. The van der Waals surface area contributed by atoms with Crippen LogP contribution >= 0.6 is 0 Å². The van der Waals surface area contributed by atoms with Gasteiger partial charge in [0.25, 0.3) is 0 Å². The van der Waals surface area contributed by atoms with Crippen molar-refractivity contribution in [3.05, 3.63) is 0 Å². The zero-order chi connectivity index (χ0) is 18.0. The molecular weight excluding hydrogens is 361 g/mol. The third kappa shape index (κ3) is 3.41. The van der Waals surface area contributed by atoms with Crippen molar-refractivity contribution >= 4 is 16.3 Å². The van der Waals surface area contributed by atoms with E-state index in [1.165, 1.54) is 6.92 Å². The minimum atomic E-state index is -7.33. The third-order valence-corrected chi connectivity index (χ3v) is 3.23. The van der Waals surface area contributed by atoms with Crippen LogP contribution in [0.1, 0.15) is 19.8 Å². The van der Waals surface area contributed by atoms with Crippen LogP contribution in [-0.4, -0.2) is 37.9 Å². The van der Waals surface area contributed by atoms with E-state index in [0.717, 1.165) is 0 Å². The highest BCUT2D eigenvalue weighted by Crippen LogP contribution is 2.54. The highest BCUT2D eigenvalue weighted by Gasteiger charge is 2.86. The number of alkyl halides is 9. The number of hydrogen-bond acceptors (Lipinski definition) is 4. The summed E-state index contributed by atoms with van der Waals surface area (Å²) >= 11 is 0. The van der Waals surface area contributed by atoms with Crippen molar-refractivity contribution < 1.29 is 52.2 Å². The Morgan fingerprint density at radius 2 is 1.41 bits per heavy atom. The standard InChI is InChI=1S/C8H8F9NO3S/c1-2-3-4-18-21-22(19,20)8(16,17)6(11,12)5(9,10)7(13,14)15/h4H,2-3H2,1H3. The number of nitrogens with zero attached hydrogens (tertiary/aromatic N) is 1. The summed E-state index contributed by atoms with van der Waals surface area (Å²) in [7, 11) is -6.90. The maximum absolute atomic E-state index is 13.0. The van der Waals surface area contributed by atoms with E-state index in [4.69, 9.17) is 0 Å². The largest absolute Gasteiger partial charge is 0.460 e. The Bertz CT molecular complexity index is 511. The fourth-order valence-electron chi connectivity index (χ4n) is 0.833. The van der Waals surface area contributed by atoms with Crippen molar-refractivity contribution in [1.29, 1.82) is 0 Å². The highest BCUT2D eigenvalue weighted by molar-refractivity contribution is 7.87. The van der Waals surface area contributed by atoms with Gasteiger partial charge in [-0.25, -0.2) is 0 Å². The first-order chi connectivity index (χ1) is 9.56. The zero-order valence-corrected chi connectivity index (χ0v) is 11.3. The Morgan fingerprint density at radius 3 is 1.77 bits per heavy atom. The Kier molecular flexibility index (Phi) is 5.78. The molecule has 0 heterocycles. The monoisotopic (exact) mass is 369 g/mol. The fourth-order valence-corrected chi connectivity index (χ4v) is 1.54. The molecule has 22 heavy (non-hydrogen) atoms. The van der Waals surface area contributed by atoms with Gasteiger partial charge in [-0.15, -0.1) is 0 Å². The maximum atomic E-state index is 13.0. The van der Waals surface area contributed by atoms with Crippen LogP contribution in [0.5, 0.6) is 0 Å². The van der Waals surface area contributed by atoms with Gasteiger partial charge in [-0.05, 0) is 6.42 Å². The van der Waals surface area contributed by atoms with Gasteiger partial charge in [0, 0.05) is 6.21 Å². The van der Waals surface area contributed by atoms with Crippen molar-refractivity contribution in [2.24, 2.45) is 5.16 Å². The SMILES string of the molecule is CCCC=NOS(=O)(=O)C(F)(F)C(F)(F)C(F)(F)C(F)(F)F. The molecule has 0 unspecified atom stereocenters. The topological polar surface area (TPSA) is 55.7 Å². The lowest BCUT2D eigenvalue weighted by Crippen LogP contribution is -2.63. The molecule has 14 heteroatoms. The molecule has 0 atom stereocenters. The Morgan fingerprint density at radius 1 is 0.955 bits per heavy atom. The van der Waals surface area contributed by atoms with Gasteiger partial charge in [0.1, 0.15) is 0 Å². The number of halogens is 9. The summed E-state index contributed by atoms with van der Waals surface area (Å²) in [6.07, 6.45) is -6.36. The lowest BCUT2D eigenvalue weighted by atomic mass is 10.1. The van der Waals surface area contributed by atoms with Crippen LogP contribution < -0.4 is 0 Å². The second kappa shape index (κ2) is 6.12. The van der Waals surface area contributed by atoms with Crippen LogP contribution in [0.25, 0.3) is 0 Å². The molecule has 0 aliphatic heterocycles. The molecule has 0 bridgehead atoms. The number of hydrogen-bond donors (Lipinski definition) is 0. The van der Waals surface area contributed by atoms with E-state index >= 15 is 0 Å². The van der Waals surface area contributed by atoms with Crippen molar-refractivity contribution in [1.82, 2.24) is 0 Å². The molecule has 0 aliphatic rings. The number of oxime groups is 1. The molecular formula is C8H8F9NO3S. The second-order valence-electron chi connectivity index (χ2n) is 3.77. The molecule has 0 saturated carbocycles. The predicted molar refractivity (Wildman–Crippen MR) is 54.3 cm³/mol. The first-order valence-electron chi connectivity index (χ1n) is 5.21. The average molecular weight is 369 g/mol. The van der Waals surface area contributed by atoms with Crippen LogP contribution in [0.3, 0.4) is 0 Å². The molecule has 0 aliphatic carbocycles. The van der Waals surface area contributed by atoms with E-state index in [0.29, 0.717) is 12.6 Å². The maximum Gasteiger partial charge on any atom is 0.460 e. The highest BCUT2D eigenvalue weighted by atomic mass is 32.2. The summed E-state index contributed by atoms with van der Waals surface area (Å²) in [5, 5.41) is -4.58. The van der Waals surface area contributed by atoms with Gasteiger partial charge in [-0.1, -0.05) is 18.5 Å². The van der Waals surface area contributed by atoms with Crippen LogP contribution in [0.4, 0.5) is 39.5 Å². The fraction of sp³-hybridized carbons (Fsp3) is 0.875. The van der Waals surface area contributed by atoms with E-state index in [-0.39, 0.29) is 6.42 Å². The van der Waals surface area contributed by atoms with Crippen molar-refractivity contribution in [2.75, 3.05) is 0 Å². The smallest absolute Gasteiger partial charge is 0.264 e. The molecule has 0 spiro atoms. The van der Waals surface area contributed by atoms with Crippen molar-refractivity contribution in [3.8, 4) is 0 Å². The molecule has 0 aromatic rings. The molecule has 0 rings (SSSR count). The Labute approximate surface area is 118 Å². The molecule has 0 aromatic heterocycles. The van der Waals surface area contributed by atoms with E-state index in [2.05, 4.69) is 9.44 Å². The Hall–Kier alpha value is -1.21. The second-order valence-corrected chi connectivity index (χ2v) is 5.34. The normalized spacial score (nSPS) is 15.4. The minimum Gasteiger partial charge on any atom is -0.264 e. The van der Waals surface area contributed by atoms with Gasteiger partial charge in [0.15, 0.2) is 0 Å². The summed E-state index contributed by atoms with van der Waals surface area (Å²) in [5.41, 5.74) is 0. The van der Waals surface area contributed by atoms with Gasteiger partial charge in [0.2, 0.25) is 0 Å². The van der Waals surface area contributed by atoms with Crippen LogP contribution in [0, 0.1) is 0 Å². The summed E-state index contributed by atoms with van der Waals surface area (Å²) in [6, 6.07) is 0. The van der Waals surface area contributed by atoms with Gasteiger partial charge >= 0.3 is 33.4 Å². The van der Waals surface area contributed by atoms with Gasteiger partial charge in [0.05, 0.1) is 0 Å². The van der Waals surface area contributed by atoms with Crippen LogP contribution in [-0.2, 0) is 14.4 Å². The van der Waals surface area contributed by atoms with Gasteiger partial charge < -0.3 is 0 Å². The lowest BCUT2D eigenvalue weighted by molar-refractivity contribution is -0.382. The first-order valence-corrected chi connectivity index (χ1v) is 6.62. The van der Waals surface area contributed by atoms with Gasteiger partial charge in [-0.2, -0.15) is 47.9 Å². The molecule has 4 nitrogen and oxygen atoms in total. The quantitative estimate of drug-likeness (QED) is 0.392. The van der Waals surface area contributed by atoms with E-state index in [1.54, 1.807) is 0 Å². The molecule has 0 N–H and O–H groups in total. The number of rotatable bonds is 7. The summed E-state index contributed by atoms with van der Waals surface area (Å²) in [4.78, 5) is 0. The molecule has 0 saturated heterocycles. The average Bonchev–Trinajstić information content (AvgIpc) is 2.32. The summed E-state index contributed by atoms with van der Waals surface area (Å²) < 4.78 is 136. The van der Waals surface area contributed by atoms with Crippen LogP contribution in [0.2, 0.25) is 0 Å². The summed E-state index contributed by atoms with van der Waals surface area (Å²) in [6.45, 7) is 1.51. The zero-order valence-electron chi connectivity index (χ0n) is 10.5. The van der Waals surface area contributed by atoms with Gasteiger partial charge in [-0.3, -0.25) is 4.28 Å². The molecule has 0 radical (unpaired) electrons. The lowest BCUT2D eigenvalue weighted by Gasteiger charge is -2.31.